The van der Waals surface area contributed by atoms with Crippen LogP contribution in [0.2, 0.25) is 0 Å². The third-order valence-electron chi connectivity index (χ3n) is 3.31. The molecule has 0 aromatic carbocycles. The van der Waals surface area contributed by atoms with Gasteiger partial charge < -0.3 is 34.9 Å². The summed E-state index contributed by atoms with van der Waals surface area (Å²) in [4.78, 5) is 28.3. The van der Waals surface area contributed by atoms with Gasteiger partial charge in [-0.25, -0.2) is 4.57 Å². The molecule has 0 amide bonds. The first-order valence-corrected chi connectivity index (χ1v) is 7.74. The van der Waals surface area contributed by atoms with Crippen molar-refractivity contribution in [2.75, 3.05) is 6.61 Å². The van der Waals surface area contributed by atoms with Gasteiger partial charge in [-0.1, -0.05) is 6.92 Å². The summed E-state index contributed by atoms with van der Waals surface area (Å²) in [7, 11) is -4.81. The molecule has 1 aliphatic rings. The highest BCUT2D eigenvalue weighted by atomic mass is 31.2. The first kappa shape index (κ1) is 18.5. The summed E-state index contributed by atoms with van der Waals surface area (Å²) in [6.45, 7) is 0.773. The normalized spacial score (nSPS) is 35.4. The van der Waals surface area contributed by atoms with Crippen molar-refractivity contribution >= 4 is 13.8 Å². The lowest BCUT2D eigenvalue weighted by molar-refractivity contribution is -0.241. The molecule has 0 bridgehead atoms. The molecule has 10 nitrogen and oxygen atoms in total. The van der Waals surface area contributed by atoms with Crippen LogP contribution < -0.4 is 0 Å². The Kier molecular flexibility index (Phi) is 6.26. The number of aliphatic carboxylic acids is 1. The molecule has 21 heavy (non-hydrogen) atoms. The van der Waals surface area contributed by atoms with Gasteiger partial charge in [0.1, 0.15) is 24.4 Å². The zero-order valence-corrected chi connectivity index (χ0v) is 12.0. The lowest BCUT2D eigenvalue weighted by Gasteiger charge is -2.42. The molecule has 0 aromatic rings. The number of carboxylic acid groups (broad SMARTS) is 1. The molecular weight excluding hydrogens is 311 g/mol. The van der Waals surface area contributed by atoms with E-state index in [1.807, 2.05) is 0 Å². The summed E-state index contributed by atoms with van der Waals surface area (Å²) < 4.78 is 20.0. The van der Waals surface area contributed by atoms with E-state index < -0.39 is 56.8 Å². The number of carboxylic acids is 1. The van der Waals surface area contributed by atoms with E-state index in [0.717, 1.165) is 0 Å². The Morgan fingerprint density at radius 1 is 1.24 bits per heavy atom. The van der Waals surface area contributed by atoms with E-state index in [-0.39, 0.29) is 6.42 Å². The second-order valence-electron chi connectivity index (χ2n) is 4.75. The minimum Gasteiger partial charge on any atom is -0.481 e. The molecule has 0 spiro atoms. The fourth-order valence-corrected chi connectivity index (χ4v) is 2.51. The number of aliphatic hydroxyl groups is 3. The lowest BCUT2D eigenvalue weighted by atomic mass is 9.86. The number of phosphoric ester groups is 1. The Labute approximate surface area is 120 Å². The van der Waals surface area contributed by atoms with Gasteiger partial charge in [0.15, 0.2) is 0 Å². The highest BCUT2D eigenvalue weighted by Gasteiger charge is 2.48. The Morgan fingerprint density at radius 3 is 2.24 bits per heavy atom. The molecule has 124 valence electrons. The van der Waals surface area contributed by atoms with Crippen molar-refractivity contribution in [3.8, 4) is 0 Å². The van der Waals surface area contributed by atoms with Gasteiger partial charge >= 0.3 is 13.8 Å². The highest BCUT2D eigenvalue weighted by molar-refractivity contribution is 7.46. The Hall–Kier alpha value is -0.580. The van der Waals surface area contributed by atoms with Gasteiger partial charge in [-0.15, -0.1) is 0 Å². The van der Waals surface area contributed by atoms with Crippen LogP contribution in [-0.4, -0.2) is 73.3 Å². The second-order valence-corrected chi connectivity index (χ2v) is 5.99. The second kappa shape index (κ2) is 7.12. The summed E-state index contributed by atoms with van der Waals surface area (Å²) in [5.74, 6) is -2.42. The van der Waals surface area contributed by atoms with Crippen LogP contribution in [0.3, 0.4) is 0 Å². The highest BCUT2D eigenvalue weighted by Crippen LogP contribution is 2.37. The number of hydrogen-bond donors (Lipinski definition) is 6. The van der Waals surface area contributed by atoms with E-state index in [1.165, 1.54) is 6.92 Å². The minimum atomic E-state index is -4.81. The zero-order chi connectivity index (χ0) is 16.4. The number of carbonyl (C=O) groups is 1. The van der Waals surface area contributed by atoms with Crippen LogP contribution in [0.1, 0.15) is 13.3 Å². The molecule has 6 atom stereocenters. The fraction of sp³-hybridized carbons (Fsp3) is 0.900. The Morgan fingerprint density at radius 2 is 1.81 bits per heavy atom. The minimum absolute atomic E-state index is 0.0892. The van der Waals surface area contributed by atoms with Crippen LogP contribution in [0.25, 0.3) is 0 Å². The predicted octanol–water partition coefficient (Wildman–Crippen LogP) is -1.94. The van der Waals surface area contributed by atoms with E-state index >= 15 is 0 Å². The third kappa shape index (κ3) is 4.70. The van der Waals surface area contributed by atoms with Crippen LogP contribution in [0.5, 0.6) is 0 Å². The van der Waals surface area contributed by atoms with Gasteiger partial charge in [-0.3, -0.25) is 9.32 Å². The van der Waals surface area contributed by atoms with E-state index in [0.29, 0.717) is 0 Å². The fourth-order valence-electron chi connectivity index (χ4n) is 2.17. The molecule has 0 saturated carbocycles. The van der Waals surface area contributed by atoms with Crippen molar-refractivity contribution in [1.82, 2.24) is 0 Å². The van der Waals surface area contributed by atoms with Gasteiger partial charge in [0.2, 0.25) is 0 Å². The van der Waals surface area contributed by atoms with Crippen molar-refractivity contribution in [2.45, 2.75) is 43.9 Å². The molecule has 1 heterocycles. The van der Waals surface area contributed by atoms with Crippen molar-refractivity contribution in [1.29, 1.82) is 0 Å². The van der Waals surface area contributed by atoms with E-state index in [4.69, 9.17) is 19.6 Å². The summed E-state index contributed by atoms with van der Waals surface area (Å²) >= 11 is 0. The van der Waals surface area contributed by atoms with Crippen LogP contribution in [0.15, 0.2) is 0 Å². The number of aliphatic hydroxyl groups excluding tert-OH is 3. The third-order valence-corrected chi connectivity index (χ3v) is 3.80. The number of ether oxygens (including phenoxy) is 1. The summed E-state index contributed by atoms with van der Waals surface area (Å²) in [6, 6.07) is 0. The molecule has 0 aromatic heterocycles. The summed E-state index contributed by atoms with van der Waals surface area (Å²) in [6.07, 6.45) is -7.67. The van der Waals surface area contributed by atoms with Crippen LogP contribution in [0, 0.1) is 5.92 Å². The van der Waals surface area contributed by atoms with Gasteiger partial charge in [0.05, 0.1) is 18.6 Å². The zero-order valence-electron chi connectivity index (χ0n) is 11.1. The molecule has 6 unspecified atom stereocenters. The Balaban J connectivity index is 2.87. The summed E-state index contributed by atoms with van der Waals surface area (Å²) in [5.41, 5.74) is 0. The van der Waals surface area contributed by atoms with Gasteiger partial charge in [0.25, 0.3) is 0 Å². The largest absolute Gasteiger partial charge is 0.481 e. The van der Waals surface area contributed by atoms with Crippen molar-refractivity contribution < 1.29 is 48.8 Å². The molecule has 1 rings (SSSR count). The molecule has 1 aliphatic heterocycles. The Bertz CT molecular complexity index is 409. The van der Waals surface area contributed by atoms with Crippen molar-refractivity contribution in [3.05, 3.63) is 0 Å². The maximum atomic E-state index is 11.1. The van der Waals surface area contributed by atoms with Crippen LogP contribution in [-0.2, 0) is 18.6 Å². The average Bonchev–Trinajstić information content (AvgIpc) is 2.36. The summed E-state index contributed by atoms with van der Waals surface area (Å²) in [5, 5.41) is 38.3. The van der Waals surface area contributed by atoms with Crippen LogP contribution in [0.4, 0.5) is 0 Å². The molecule has 1 fully saturated rings. The van der Waals surface area contributed by atoms with Crippen molar-refractivity contribution in [3.63, 3.8) is 0 Å². The number of phosphoric acid groups is 1. The SMILES string of the molecule is CCC(C(=O)O)C1OC(COP(=O)(O)O)C(O)C(O)C1O. The molecule has 1 saturated heterocycles. The predicted molar refractivity (Wildman–Crippen MR) is 66.1 cm³/mol. The molecular formula is C10H19O10P. The average molecular weight is 330 g/mol. The van der Waals surface area contributed by atoms with Gasteiger partial charge in [-0.2, -0.15) is 0 Å². The standard InChI is InChI=1S/C10H19O10P/c1-2-4(10(14)15)9-8(13)7(12)6(11)5(20-9)3-19-21(16,17)18/h4-9,11-13H,2-3H2,1H3,(H,14,15)(H2,16,17,18). The van der Waals surface area contributed by atoms with Crippen LogP contribution >= 0.6 is 7.82 Å². The van der Waals surface area contributed by atoms with E-state index in [9.17, 15) is 24.7 Å². The molecule has 11 heteroatoms. The smallest absolute Gasteiger partial charge is 0.469 e. The monoisotopic (exact) mass is 330 g/mol. The van der Waals surface area contributed by atoms with Gasteiger partial charge in [0, 0.05) is 0 Å². The molecule has 0 aliphatic carbocycles. The lowest BCUT2D eigenvalue weighted by Crippen LogP contribution is -2.61. The number of hydrogen-bond acceptors (Lipinski definition) is 7. The van der Waals surface area contributed by atoms with E-state index in [2.05, 4.69) is 4.52 Å². The van der Waals surface area contributed by atoms with Gasteiger partial charge in [-0.05, 0) is 6.42 Å². The maximum Gasteiger partial charge on any atom is 0.469 e. The first-order chi connectivity index (χ1) is 9.58. The van der Waals surface area contributed by atoms with Crippen molar-refractivity contribution in [2.24, 2.45) is 5.92 Å². The maximum absolute atomic E-state index is 11.1. The molecule has 6 N–H and O–H groups in total. The molecule has 0 radical (unpaired) electrons. The quantitative estimate of drug-likeness (QED) is 0.300. The first-order valence-electron chi connectivity index (χ1n) is 6.21. The topological polar surface area (TPSA) is 174 Å². The number of rotatable bonds is 6. The van der Waals surface area contributed by atoms with E-state index in [1.54, 1.807) is 0 Å².